The van der Waals surface area contributed by atoms with E-state index in [9.17, 15) is 4.79 Å². The molecule has 7 nitrogen and oxygen atoms in total. The second-order valence-electron chi connectivity index (χ2n) is 8.65. The van der Waals surface area contributed by atoms with Crippen molar-refractivity contribution in [2.24, 2.45) is 11.7 Å². The normalized spacial score (nSPS) is 22.1. The summed E-state index contributed by atoms with van der Waals surface area (Å²) in [6.45, 7) is 10.4. The van der Waals surface area contributed by atoms with Gasteiger partial charge >= 0.3 is 5.97 Å². The molecule has 1 aromatic heterocycles. The molecule has 1 aromatic rings. The third kappa shape index (κ3) is 6.49. The highest BCUT2D eigenvalue weighted by Crippen LogP contribution is 2.31. The lowest BCUT2D eigenvalue weighted by molar-refractivity contribution is -0.944. The maximum Gasteiger partial charge on any atom is 0.327 e. The molecule has 0 saturated heterocycles. The van der Waals surface area contributed by atoms with Gasteiger partial charge in [0.15, 0.2) is 0 Å². The maximum absolute atomic E-state index is 12.5. The van der Waals surface area contributed by atoms with Crippen LogP contribution < -0.4 is 10.5 Å². The van der Waals surface area contributed by atoms with Gasteiger partial charge < -0.3 is 15.2 Å². The molecular formula is C22H39N4O3S+. The highest BCUT2D eigenvalue weighted by atomic mass is 32.1. The van der Waals surface area contributed by atoms with Crippen LogP contribution in [0.5, 0.6) is 5.88 Å². The molecule has 0 aliphatic carbocycles. The molecule has 2 heterocycles. The molecule has 0 amide bonds. The van der Waals surface area contributed by atoms with Gasteiger partial charge in [-0.25, -0.2) is 0 Å². The molecular weight excluding hydrogens is 400 g/mol. The third-order valence-corrected chi connectivity index (χ3v) is 6.77. The Morgan fingerprint density at radius 3 is 2.73 bits per heavy atom. The first-order chi connectivity index (χ1) is 14.3. The average molecular weight is 440 g/mol. The molecule has 0 aromatic carbocycles. The van der Waals surface area contributed by atoms with Gasteiger partial charge in [0.25, 0.3) is 5.88 Å². The predicted octanol–water partition coefficient (Wildman–Crippen LogP) is 3.99. The van der Waals surface area contributed by atoms with Gasteiger partial charge in [0.05, 0.1) is 31.9 Å². The lowest BCUT2D eigenvalue weighted by Gasteiger charge is -2.41. The van der Waals surface area contributed by atoms with Crippen molar-refractivity contribution in [2.45, 2.75) is 78.5 Å². The molecule has 2 rings (SSSR count). The van der Waals surface area contributed by atoms with Crippen molar-refractivity contribution in [3.05, 3.63) is 11.8 Å². The minimum Gasteiger partial charge on any atom is -0.475 e. The van der Waals surface area contributed by atoms with Crippen LogP contribution in [-0.4, -0.2) is 58.2 Å². The number of aromatic nitrogens is 2. The number of nitrogens with two attached hydrogens (primary N) is 1. The van der Waals surface area contributed by atoms with Crippen molar-refractivity contribution in [3.63, 3.8) is 0 Å². The van der Waals surface area contributed by atoms with Gasteiger partial charge in [0, 0.05) is 18.9 Å². The van der Waals surface area contributed by atoms with Crippen LogP contribution in [0, 0.1) is 5.92 Å². The number of hydrogen-bond donors (Lipinski definition) is 1. The fraction of sp³-hybridized carbons (Fsp3) is 0.773. The lowest BCUT2D eigenvalue weighted by Crippen LogP contribution is -2.56. The highest BCUT2D eigenvalue weighted by Gasteiger charge is 2.37. The number of esters is 1. The molecule has 1 unspecified atom stereocenters. The van der Waals surface area contributed by atoms with E-state index in [1.54, 1.807) is 0 Å². The fourth-order valence-corrected chi connectivity index (χ4v) is 4.11. The number of unbranched alkanes of at least 4 members (excludes halogenated alkanes) is 3. The Labute approximate surface area is 185 Å². The van der Waals surface area contributed by atoms with Crippen molar-refractivity contribution in [3.8, 4) is 5.88 Å². The number of hydrogen-bond acceptors (Lipinski definition) is 7. The van der Waals surface area contributed by atoms with Gasteiger partial charge in [-0.15, -0.1) is 4.37 Å². The quantitative estimate of drug-likeness (QED) is 0.301. The standard InChI is InChI=1S/C22H39N4O3S/c1-6-8-9-10-14-28-21-20(24-30-25-21)18-12-11-13-26(5,15-18)17(4)29-22(27)19(23)16(3)7-2/h12,16-17,19H,6-11,13-15,23H2,1-5H3/q+1/t16-,17-,19-,26?/m0/s1. The molecule has 0 radical (unpaired) electrons. The summed E-state index contributed by atoms with van der Waals surface area (Å²) in [7, 11) is 2.12. The van der Waals surface area contributed by atoms with Crippen LogP contribution in [0.25, 0.3) is 5.57 Å². The van der Waals surface area contributed by atoms with Crippen molar-refractivity contribution >= 4 is 23.3 Å². The number of quaternary nitrogens is 1. The summed E-state index contributed by atoms with van der Waals surface area (Å²) in [6.07, 6.45) is 8.28. The summed E-state index contributed by atoms with van der Waals surface area (Å²) in [5.41, 5.74) is 8.00. The molecule has 30 heavy (non-hydrogen) atoms. The third-order valence-electron chi connectivity index (χ3n) is 6.26. The number of likely N-dealkylation sites (N-methyl/N-ethyl adjacent to an activating group) is 1. The number of rotatable bonds is 12. The van der Waals surface area contributed by atoms with Crippen molar-refractivity contribution in [1.29, 1.82) is 0 Å². The first kappa shape index (κ1) is 24.8. The van der Waals surface area contributed by atoms with E-state index in [-0.39, 0.29) is 18.1 Å². The van der Waals surface area contributed by atoms with E-state index >= 15 is 0 Å². The summed E-state index contributed by atoms with van der Waals surface area (Å²) in [5.74, 6) is 0.406. The second kappa shape index (κ2) is 11.8. The van der Waals surface area contributed by atoms with Crippen molar-refractivity contribution in [2.75, 3.05) is 26.7 Å². The zero-order valence-corrected chi connectivity index (χ0v) is 20.0. The van der Waals surface area contributed by atoms with E-state index in [1.165, 1.54) is 31.0 Å². The van der Waals surface area contributed by atoms with E-state index in [0.29, 0.717) is 23.5 Å². The van der Waals surface area contributed by atoms with Crippen molar-refractivity contribution < 1.29 is 18.8 Å². The van der Waals surface area contributed by atoms with E-state index < -0.39 is 6.04 Å². The predicted molar refractivity (Wildman–Crippen MR) is 121 cm³/mol. The summed E-state index contributed by atoms with van der Waals surface area (Å²) < 4.78 is 21.2. The molecule has 1 aliphatic rings. The molecule has 0 fully saturated rings. The highest BCUT2D eigenvalue weighted by molar-refractivity contribution is 6.99. The van der Waals surface area contributed by atoms with Crippen LogP contribution in [0.3, 0.4) is 0 Å². The van der Waals surface area contributed by atoms with E-state index in [0.717, 1.165) is 37.1 Å². The first-order valence-corrected chi connectivity index (χ1v) is 12.0. The monoisotopic (exact) mass is 439 g/mol. The van der Waals surface area contributed by atoms with Gasteiger partial charge in [-0.2, -0.15) is 4.37 Å². The fourth-order valence-electron chi connectivity index (χ4n) is 3.58. The van der Waals surface area contributed by atoms with Crippen molar-refractivity contribution in [1.82, 2.24) is 8.75 Å². The van der Waals surface area contributed by atoms with Crippen LogP contribution >= 0.6 is 11.7 Å². The van der Waals surface area contributed by atoms with Gasteiger partial charge in [-0.05, 0) is 12.3 Å². The van der Waals surface area contributed by atoms with Crippen LogP contribution in [0.2, 0.25) is 0 Å². The van der Waals surface area contributed by atoms with Crippen LogP contribution in [0.15, 0.2) is 6.08 Å². The topological polar surface area (TPSA) is 87.3 Å². The Balaban J connectivity index is 2.00. The van der Waals surface area contributed by atoms with Crippen LogP contribution in [0.4, 0.5) is 0 Å². The smallest absolute Gasteiger partial charge is 0.327 e. The SMILES string of the molecule is CCCCCCOc1nsnc1C1=CCC[N+](C)([C@H](C)OC(=O)[C@@H](N)[C@@H](C)CC)C1. The number of ether oxygens (including phenoxy) is 2. The van der Waals surface area contributed by atoms with E-state index in [4.69, 9.17) is 15.2 Å². The molecule has 2 N–H and O–H groups in total. The molecule has 4 atom stereocenters. The van der Waals surface area contributed by atoms with Gasteiger partial charge in [-0.1, -0.05) is 52.5 Å². The van der Waals surface area contributed by atoms with Crippen LogP contribution in [-0.2, 0) is 9.53 Å². The number of carbonyl (C=O) groups is 1. The Morgan fingerprint density at radius 2 is 2.03 bits per heavy atom. The molecule has 170 valence electrons. The van der Waals surface area contributed by atoms with Gasteiger partial charge in [-0.3, -0.25) is 9.28 Å². The Morgan fingerprint density at radius 1 is 1.27 bits per heavy atom. The Hall–Kier alpha value is -1.51. The molecule has 0 bridgehead atoms. The lowest BCUT2D eigenvalue weighted by atomic mass is 10.0. The maximum atomic E-state index is 12.5. The Kier molecular flexibility index (Phi) is 9.71. The first-order valence-electron chi connectivity index (χ1n) is 11.3. The molecule has 8 heteroatoms. The van der Waals surface area contributed by atoms with E-state index in [1.807, 2.05) is 20.8 Å². The molecule has 0 spiro atoms. The summed E-state index contributed by atoms with van der Waals surface area (Å²) >= 11 is 1.18. The zero-order valence-electron chi connectivity index (χ0n) is 19.2. The second-order valence-corrected chi connectivity index (χ2v) is 9.18. The average Bonchev–Trinajstić information content (AvgIpc) is 3.21. The molecule has 1 aliphatic heterocycles. The largest absolute Gasteiger partial charge is 0.475 e. The Bertz CT molecular complexity index is 708. The summed E-state index contributed by atoms with van der Waals surface area (Å²) in [6, 6.07) is -0.584. The molecule has 0 saturated carbocycles. The number of nitrogens with zero attached hydrogens (tertiary/aromatic N) is 3. The summed E-state index contributed by atoms with van der Waals surface area (Å²) in [5, 5.41) is 0. The minimum absolute atomic E-state index is 0.102. The van der Waals surface area contributed by atoms with Crippen LogP contribution in [0.1, 0.15) is 71.9 Å². The van der Waals surface area contributed by atoms with Gasteiger partial charge in [0.1, 0.15) is 18.3 Å². The summed E-state index contributed by atoms with van der Waals surface area (Å²) in [4.78, 5) is 12.5. The zero-order chi connectivity index (χ0) is 22.1. The number of carbonyl (C=O) groups excluding carboxylic acids is 1. The minimum atomic E-state index is -0.584. The van der Waals surface area contributed by atoms with E-state index in [2.05, 4.69) is 28.8 Å². The van der Waals surface area contributed by atoms with Gasteiger partial charge in [0.2, 0.25) is 6.23 Å².